The van der Waals surface area contributed by atoms with Gasteiger partial charge < -0.3 is 9.80 Å². The number of nitrogens with zero attached hydrogens (tertiary/aromatic N) is 4. The second-order valence-electron chi connectivity index (χ2n) is 7.02. The normalized spacial score (nSPS) is 15.7. The van der Waals surface area contributed by atoms with E-state index in [2.05, 4.69) is 4.98 Å². The molecule has 7 nitrogen and oxygen atoms in total. The van der Waals surface area contributed by atoms with Gasteiger partial charge in [0.25, 0.3) is 5.56 Å². The average Bonchev–Trinajstić information content (AvgIpc) is 2.71. The minimum absolute atomic E-state index is 0.00122. The summed E-state index contributed by atoms with van der Waals surface area (Å²) in [7, 11) is 0. The molecule has 1 aromatic carbocycles. The molecule has 1 saturated heterocycles. The van der Waals surface area contributed by atoms with Crippen LogP contribution in [0.2, 0.25) is 0 Å². The first kappa shape index (κ1) is 20.4. The first-order chi connectivity index (χ1) is 13.4. The maximum atomic E-state index is 13.0. The molecule has 0 radical (unpaired) electrons. The second kappa shape index (κ2) is 8.77. The van der Waals surface area contributed by atoms with E-state index in [1.807, 2.05) is 32.0 Å². The highest BCUT2D eigenvalue weighted by Gasteiger charge is 2.23. The molecule has 2 aromatic rings. The van der Waals surface area contributed by atoms with Crippen molar-refractivity contribution in [2.45, 2.75) is 38.4 Å². The molecule has 0 saturated carbocycles. The fraction of sp³-hybridized carbons (Fsp3) is 0.500. The molecule has 0 N–H and O–H groups in total. The molecule has 0 bridgehead atoms. The predicted molar refractivity (Wildman–Crippen MR) is 111 cm³/mol. The molecule has 3 rings (SSSR count). The summed E-state index contributed by atoms with van der Waals surface area (Å²) in [6.45, 7) is 7.79. The molecule has 8 heteroatoms. The summed E-state index contributed by atoms with van der Waals surface area (Å²) in [6, 6.07) is 7.31. The van der Waals surface area contributed by atoms with Crippen LogP contribution in [0.4, 0.5) is 0 Å². The van der Waals surface area contributed by atoms with Crippen molar-refractivity contribution in [3.8, 4) is 0 Å². The molecule has 150 valence electrons. The van der Waals surface area contributed by atoms with Crippen LogP contribution >= 0.6 is 11.8 Å². The quantitative estimate of drug-likeness (QED) is 0.566. The summed E-state index contributed by atoms with van der Waals surface area (Å²) in [6.07, 6.45) is 0.800. The molecule has 0 aliphatic carbocycles. The largest absolute Gasteiger partial charge is 0.339 e. The van der Waals surface area contributed by atoms with E-state index < -0.39 is 0 Å². The zero-order chi connectivity index (χ0) is 20.3. The number of carbonyl (C=O) groups excluding carboxylic acids is 2. The molecule has 28 heavy (non-hydrogen) atoms. The SMILES string of the molecule is CC[C@H](C)n1c(SCC(=O)N2CCN(C(C)=O)CC2)nc2ccccc2c1=O. The number of hydrogen-bond acceptors (Lipinski definition) is 5. The molecular formula is C20H26N4O3S. The number of benzene rings is 1. The summed E-state index contributed by atoms with van der Waals surface area (Å²) >= 11 is 1.31. The van der Waals surface area contributed by atoms with E-state index >= 15 is 0 Å². The van der Waals surface area contributed by atoms with Gasteiger partial charge >= 0.3 is 0 Å². The first-order valence-corrected chi connectivity index (χ1v) is 10.6. The molecule has 0 unspecified atom stereocenters. The summed E-state index contributed by atoms with van der Waals surface area (Å²) in [5.74, 6) is 0.270. The van der Waals surface area contributed by atoms with Crippen molar-refractivity contribution in [1.82, 2.24) is 19.4 Å². The van der Waals surface area contributed by atoms with Crippen LogP contribution in [-0.2, 0) is 9.59 Å². The second-order valence-corrected chi connectivity index (χ2v) is 7.96. The van der Waals surface area contributed by atoms with Gasteiger partial charge in [-0.15, -0.1) is 0 Å². The van der Waals surface area contributed by atoms with Crippen molar-refractivity contribution in [1.29, 1.82) is 0 Å². The van der Waals surface area contributed by atoms with E-state index in [0.29, 0.717) is 42.2 Å². The van der Waals surface area contributed by atoms with Crippen LogP contribution in [0.1, 0.15) is 33.2 Å². The van der Waals surface area contributed by atoms with Gasteiger partial charge in [-0.3, -0.25) is 19.0 Å². The lowest BCUT2D eigenvalue weighted by Crippen LogP contribution is -2.50. The zero-order valence-electron chi connectivity index (χ0n) is 16.6. The number of thioether (sulfide) groups is 1. The van der Waals surface area contributed by atoms with Gasteiger partial charge in [0.15, 0.2) is 5.16 Å². The number of hydrogen-bond donors (Lipinski definition) is 0. The topological polar surface area (TPSA) is 75.5 Å². The van der Waals surface area contributed by atoms with Crippen molar-refractivity contribution in [2.75, 3.05) is 31.9 Å². The Balaban J connectivity index is 1.77. The Morgan fingerprint density at radius 3 is 2.43 bits per heavy atom. The van der Waals surface area contributed by atoms with Crippen LogP contribution in [0.15, 0.2) is 34.2 Å². The summed E-state index contributed by atoms with van der Waals surface area (Å²) in [4.78, 5) is 45.2. The van der Waals surface area contributed by atoms with E-state index in [9.17, 15) is 14.4 Å². The van der Waals surface area contributed by atoms with E-state index in [0.717, 1.165) is 6.42 Å². The lowest BCUT2D eigenvalue weighted by atomic mass is 10.2. The van der Waals surface area contributed by atoms with Crippen LogP contribution < -0.4 is 5.56 Å². The summed E-state index contributed by atoms with van der Waals surface area (Å²) < 4.78 is 1.70. The van der Waals surface area contributed by atoms with Crippen LogP contribution in [0.3, 0.4) is 0 Å². The van der Waals surface area contributed by atoms with Crippen LogP contribution in [0.25, 0.3) is 10.9 Å². The van der Waals surface area contributed by atoms with Gasteiger partial charge in [0, 0.05) is 39.1 Å². The molecule has 1 fully saturated rings. The maximum absolute atomic E-state index is 13.0. The number of piperazine rings is 1. The first-order valence-electron chi connectivity index (χ1n) is 9.59. The Morgan fingerprint density at radius 1 is 1.14 bits per heavy atom. The van der Waals surface area contributed by atoms with Gasteiger partial charge in [-0.2, -0.15) is 0 Å². The average molecular weight is 403 g/mol. The number of para-hydroxylation sites is 1. The highest BCUT2D eigenvalue weighted by Crippen LogP contribution is 2.23. The highest BCUT2D eigenvalue weighted by atomic mass is 32.2. The Morgan fingerprint density at radius 2 is 1.79 bits per heavy atom. The minimum atomic E-state index is -0.0648. The number of rotatable bonds is 5. The van der Waals surface area contributed by atoms with Gasteiger partial charge in [0.2, 0.25) is 11.8 Å². The van der Waals surface area contributed by atoms with Gasteiger partial charge in [-0.1, -0.05) is 30.8 Å². The van der Waals surface area contributed by atoms with E-state index in [-0.39, 0.29) is 29.2 Å². The third-order valence-corrected chi connectivity index (χ3v) is 6.15. The lowest BCUT2D eigenvalue weighted by molar-refractivity contribution is -0.136. The molecule has 2 amide bonds. The summed E-state index contributed by atoms with van der Waals surface area (Å²) in [5, 5.41) is 1.17. The maximum Gasteiger partial charge on any atom is 0.262 e. The number of fused-ring (bicyclic) bond motifs is 1. The molecule has 2 heterocycles. The van der Waals surface area contributed by atoms with E-state index in [1.54, 1.807) is 27.4 Å². The molecule has 1 aromatic heterocycles. The zero-order valence-corrected chi connectivity index (χ0v) is 17.4. The minimum Gasteiger partial charge on any atom is -0.339 e. The number of carbonyl (C=O) groups is 2. The molecule has 0 spiro atoms. The van der Waals surface area contributed by atoms with Gasteiger partial charge in [0.1, 0.15) is 0 Å². The molecular weight excluding hydrogens is 376 g/mol. The van der Waals surface area contributed by atoms with Crippen molar-refractivity contribution >= 4 is 34.5 Å². The Kier molecular flexibility index (Phi) is 6.39. The summed E-state index contributed by atoms with van der Waals surface area (Å²) in [5.41, 5.74) is 0.585. The monoisotopic (exact) mass is 402 g/mol. The number of amides is 2. The van der Waals surface area contributed by atoms with Crippen molar-refractivity contribution in [3.63, 3.8) is 0 Å². The van der Waals surface area contributed by atoms with Crippen LogP contribution in [0, 0.1) is 0 Å². The van der Waals surface area contributed by atoms with Crippen LogP contribution in [0.5, 0.6) is 0 Å². The van der Waals surface area contributed by atoms with Crippen molar-refractivity contribution < 1.29 is 9.59 Å². The van der Waals surface area contributed by atoms with Gasteiger partial charge in [-0.05, 0) is 25.5 Å². The van der Waals surface area contributed by atoms with Crippen LogP contribution in [-0.4, -0.2) is 63.1 Å². The fourth-order valence-corrected chi connectivity index (χ4v) is 4.29. The highest BCUT2D eigenvalue weighted by molar-refractivity contribution is 7.99. The van der Waals surface area contributed by atoms with Gasteiger partial charge in [0.05, 0.1) is 16.7 Å². The predicted octanol–water partition coefficient (Wildman–Crippen LogP) is 2.15. The molecule has 1 aliphatic rings. The van der Waals surface area contributed by atoms with Crippen molar-refractivity contribution in [2.24, 2.45) is 0 Å². The van der Waals surface area contributed by atoms with Crippen molar-refractivity contribution in [3.05, 3.63) is 34.6 Å². The van der Waals surface area contributed by atoms with Gasteiger partial charge in [-0.25, -0.2) is 4.98 Å². The standard InChI is InChI=1S/C20H26N4O3S/c1-4-14(2)24-19(27)16-7-5-6-8-17(16)21-20(24)28-13-18(26)23-11-9-22(10-12-23)15(3)25/h5-8,14H,4,9-13H2,1-3H3/t14-/m0/s1. The van der Waals surface area contributed by atoms with E-state index in [1.165, 1.54) is 11.8 Å². The Hall–Kier alpha value is -2.35. The Labute approximate surface area is 168 Å². The Bertz CT molecular complexity index is 935. The van der Waals surface area contributed by atoms with E-state index in [4.69, 9.17) is 0 Å². The molecule has 1 aliphatic heterocycles. The number of aromatic nitrogens is 2. The fourth-order valence-electron chi connectivity index (χ4n) is 3.29. The third-order valence-electron chi connectivity index (χ3n) is 5.21. The lowest BCUT2D eigenvalue weighted by Gasteiger charge is -2.34. The molecule has 1 atom stereocenters. The third kappa shape index (κ3) is 4.22. The smallest absolute Gasteiger partial charge is 0.262 e.